The van der Waals surface area contributed by atoms with Gasteiger partial charge in [0.2, 0.25) is 0 Å². The minimum absolute atomic E-state index is 0.0693. The number of allylic oxidation sites excluding steroid dienone is 1. The quantitative estimate of drug-likeness (QED) is 0.730. The molecule has 0 unspecified atom stereocenters. The molecule has 0 aliphatic rings. The fourth-order valence-electron chi connectivity index (χ4n) is 1.09. The van der Waals surface area contributed by atoms with Gasteiger partial charge in [0, 0.05) is 0 Å². The van der Waals surface area contributed by atoms with Crippen LogP contribution >= 0.6 is 0 Å². The third-order valence-corrected chi connectivity index (χ3v) is 2.00. The topological polar surface area (TPSA) is 26.3 Å². The van der Waals surface area contributed by atoms with Crippen LogP contribution in [0.15, 0.2) is 30.8 Å². The fourth-order valence-corrected chi connectivity index (χ4v) is 1.09. The molecule has 0 bridgehead atoms. The maximum atomic E-state index is 12.3. The van der Waals surface area contributed by atoms with E-state index < -0.39 is 17.7 Å². The normalized spacial score (nSPS) is 11.0. The van der Waals surface area contributed by atoms with Gasteiger partial charge in [-0.15, -0.1) is 0 Å². The number of halogens is 3. The zero-order valence-corrected chi connectivity index (χ0v) is 8.47. The van der Waals surface area contributed by atoms with Crippen LogP contribution in [0, 0.1) is 0 Å². The molecule has 0 N–H and O–H groups in total. The van der Waals surface area contributed by atoms with Crippen LogP contribution in [-0.4, -0.2) is 19.3 Å². The first-order valence-corrected chi connectivity index (χ1v) is 4.31. The van der Waals surface area contributed by atoms with E-state index in [2.05, 4.69) is 11.3 Å². The van der Waals surface area contributed by atoms with Crippen molar-refractivity contribution in [2.75, 3.05) is 7.11 Å². The van der Waals surface area contributed by atoms with Gasteiger partial charge in [-0.25, -0.2) is 4.79 Å². The Morgan fingerprint density at radius 2 is 1.62 bits per heavy atom. The van der Waals surface area contributed by atoms with E-state index in [1.807, 2.05) is 0 Å². The minimum atomic E-state index is -4.47. The van der Waals surface area contributed by atoms with E-state index in [0.29, 0.717) is 0 Å². The van der Waals surface area contributed by atoms with Gasteiger partial charge in [-0.1, -0.05) is 18.7 Å². The Balaban J connectivity index is 2.96. The highest BCUT2D eigenvalue weighted by Gasteiger charge is 2.32. The van der Waals surface area contributed by atoms with Crippen molar-refractivity contribution in [3.05, 3.63) is 42.0 Å². The molecule has 5 heteroatoms. The highest BCUT2D eigenvalue weighted by molar-refractivity contribution is 5.89. The predicted octanol–water partition coefficient (Wildman–Crippen LogP) is 3.05. The fraction of sp³-hybridized carbons (Fsp3) is 0.182. The summed E-state index contributed by atoms with van der Waals surface area (Å²) in [5, 5.41) is 0. The number of alkyl halides is 3. The Hall–Kier alpha value is -1.78. The van der Waals surface area contributed by atoms with E-state index in [1.54, 1.807) is 0 Å². The van der Waals surface area contributed by atoms with Crippen molar-refractivity contribution in [2.45, 2.75) is 6.18 Å². The van der Waals surface area contributed by atoms with Crippen LogP contribution in [0.2, 0.25) is 0 Å². The highest BCUT2D eigenvalue weighted by atomic mass is 19.4. The number of ether oxygens (including phenoxy) is 1. The average Bonchev–Trinajstić information content (AvgIpc) is 2.26. The second-order valence-corrected chi connectivity index (χ2v) is 3.05. The molecule has 0 saturated heterocycles. The molecule has 1 aromatic rings. The first kappa shape index (κ1) is 12.3. The summed E-state index contributed by atoms with van der Waals surface area (Å²) in [5.74, 6) is -0.593. The molecule has 0 aliphatic heterocycles. The van der Waals surface area contributed by atoms with Crippen molar-refractivity contribution in [1.82, 2.24) is 0 Å². The summed E-state index contributed by atoms with van der Waals surface area (Å²) in [6, 6.07) is 4.89. The van der Waals surface area contributed by atoms with Crippen LogP contribution in [-0.2, 0) is 4.74 Å². The standard InChI is InChI=1S/C11H9F3O2/c1-7(11(12,13)14)8-3-5-9(6-4-8)10(15)16-2/h3-6H,1H2,2H3. The zero-order chi connectivity index (χ0) is 12.3. The summed E-state index contributed by atoms with van der Waals surface area (Å²) < 4.78 is 41.2. The van der Waals surface area contributed by atoms with Gasteiger partial charge >= 0.3 is 12.1 Å². The van der Waals surface area contributed by atoms with E-state index in [1.165, 1.54) is 31.4 Å². The summed E-state index contributed by atoms with van der Waals surface area (Å²) in [6.07, 6.45) is -4.47. The number of hydrogen-bond acceptors (Lipinski definition) is 2. The first-order valence-electron chi connectivity index (χ1n) is 4.31. The lowest BCUT2D eigenvalue weighted by Gasteiger charge is -2.10. The molecular weight excluding hydrogens is 221 g/mol. The summed E-state index contributed by atoms with van der Waals surface area (Å²) in [7, 11) is 1.20. The number of benzene rings is 1. The number of rotatable bonds is 2. The number of carbonyl (C=O) groups is 1. The van der Waals surface area contributed by atoms with Crippen LogP contribution in [0.3, 0.4) is 0 Å². The van der Waals surface area contributed by atoms with Gasteiger partial charge in [-0.2, -0.15) is 13.2 Å². The molecular formula is C11H9F3O2. The zero-order valence-electron chi connectivity index (χ0n) is 8.47. The van der Waals surface area contributed by atoms with E-state index in [9.17, 15) is 18.0 Å². The number of methoxy groups -OCH3 is 1. The lowest BCUT2D eigenvalue weighted by Crippen LogP contribution is -2.09. The second-order valence-electron chi connectivity index (χ2n) is 3.05. The van der Waals surface area contributed by atoms with Gasteiger partial charge in [0.1, 0.15) is 0 Å². The molecule has 0 radical (unpaired) electrons. The molecule has 0 spiro atoms. The van der Waals surface area contributed by atoms with E-state index in [-0.39, 0.29) is 11.1 Å². The Labute approximate surface area is 90.3 Å². The maximum Gasteiger partial charge on any atom is 0.416 e. The molecule has 16 heavy (non-hydrogen) atoms. The van der Waals surface area contributed by atoms with E-state index in [4.69, 9.17) is 0 Å². The molecule has 0 fully saturated rings. The van der Waals surface area contributed by atoms with E-state index in [0.717, 1.165) is 0 Å². The van der Waals surface area contributed by atoms with Gasteiger partial charge in [0.05, 0.1) is 18.2 Å². The molecule has 0 amide bonds. The largest absolute Gasteiger partial charge is 0.465 e. The molecule has 0 heterocycles. The number of esters is 1. The van der Waals surface area contributed by atoms with Gasteiger partial charge in [-0.3, -0.25) is 0 Å². The summed E-state index contributed by atoms with van der Waals surface area (Å²) in [6.45, 7) is 2.95. The van der Waals surface area contributed by atoms with Crippen LogP contribution in [0.25, 0.3) is 5.57 Å². The molecule has 2 nitrogen and oxygen atoms in total. The van der Waals surface area contributed by atoms with Crippen molar-refractivity contribution < 1.29 is 22.7 Å². The number of hydrogen-bond donors (Lipinski definition) is 0. The van der Waals surface area contributed by atoms with Crippen molar-refractivity contribution in [3.8, 4) is 0 Å². The summed E-state index contributed by atoms with van der Waals surface area (Å²) >= 11 is 0. The molecule has 1 aromatic carbocycles. The highest BCUT2D eigenvalue weighted by Crippen LogP contribution is 2.32. The van der Waals surface area contributed by atoms with Gasteiger partial charge in [0.25, 0.3) is 0 Å². The molecule has 86 valence electrons. The third kappa shape index (κ3) is 2.62. The SMILES string of the molecule is C=C(c1ccc(C(=O)OC)cc1)C(F)(F)F. The summed E-state index contributed by atoms with van der Waals surface area (Å²) in [5.41, 5.74) is -0.815. The Kier molecular flexibility index (Phi) is 3.37. The lowest BCUT2D eigenvalue weighted by molar-refractivity contribution is -0.0686. The first-order chi connectivity index (χ1) is 7.36. The van der Waals surface area contributed by atoms with Gasteiger partial charge in [0.15, 0.2) is 0 Å². The monoisotopic (exact) mass is 230 g/mol. The minimum Gasteiger partial charge on any atom is -0.465 e. The average molecular weight is 230 g/mol. The van der Waals surface area contributed by atoms with Crippen LogP contribution in [0.5, 0.6) is 0 Å². The number of carbonyl (C=O) groups excluding carboxylic acids is 1. The van der Waals surface area contributed by atoms with Crippen LogP contribution in [0.1, 0.15) is 15.9 Å². The molecule has 0 atom stereocenters. The van der Waals surface area contributed by atoms with Crippen LogP contribution in [0.4, 0.5) is 13.2 Å². The third-order valence-electron chi connectivity index (χ3n) is 2.00. The van der Waals surface area contributed by atoms with E-state index >= 15 is 0 Å². The Morgan fingerprint density at radius 3 is 2.00 bits per heavy atom. The maximum absolute atomic E-state index is 12.3. The van der Waals surface area contributed by atoms with Gasteiger partial charge in [-0.05, 0) is 17.7 Å². The van der Waals surface area contributed by atoms with Crippen molar-refractivity contribution in [3.63, 3.8) is 0 Å². The molecule has 0 aliphatic carbocycles. The molecule has 0 aromatic heterocycles. The Morgan fingerprint density at radius 1 is 1.19 bits per heavy atom. The van der Waals surface area contributed by atoms with Crippen LogP contribution < -0.4 is 0 Å². The van der Waals surface area contributed by atoms with Crippen molar-refractivity contribution in [2.24, 2.45) is 0 Å². The Bertz CT molecular complexity index is 404. The second kappa shape index (κ2) is 4.38. The predicted molar refractivity (Wildman–Crippen MR) is 52.9 cm³/mol. The van der Waals surface area contributed by atoms with Gasteiger partial charge < -0.3 is 4.74 Å². The molecule has 0 saturated carbocycles. The van der Waals surface area contributed by atoms with Crippen molar-refractivity contribution in [1.29, 1.82) is 0 Å². The van der Waals surface area contributed by atoms with Crippen molar-refractivity contribution >= 4 is 11.5 Å². The smallest absolute Gasteiger partial charge is 0.416 e. The lowest BCUT2D eigenvalue weighted by atomic mass is 10.1. The summed E-state index contributed by atoms with van der Waals surface area (Å²) in [4.78, 5) is 11.0. The molecule has 1 rings (SSSR count).